The average molecular weight is 243 g/mol. The average Bonchev–Trinajstić information content (AvgIpc) is 2.16. The van der Waals surface area contributed by atoms with Crippen molar-refractivity contribution in [3.05, 3.63) is 34.9 Å². The van der Waals surface area contributed by atoms with Gasteiger partial charge in [-0.3, -0.25) is 9.59 Å². The first-order valence-electron chi connectivity index (χ1n) is 4.70. The number of carbonyl (C=O) groups is 2. The van der Waals surface area contributed by atoms with Crippen molar-refractivity contribution in [1.82, 2.24) is 0 Å². The lowest BCUT2D eigenvalue weighted by Gasteiger charge is -2.07. The molecule has 1 aromatic carbocycles. The summed E-state index contributed by atoms with van der Waals surface area (Å²) in [4.78, 5) is 21.2. The molecule has 0 saturated heterocycles. The van der Waals surface area contributed by atoms with Gasteiger partial charge in [0.25, 0.3) is 0 Å². The molecule has 86 valence electrons. The maximum absolute atomic E-state index is 10.6. The van der Waals surface area contributed by atoms with Crippen LogP contribution in [0.1, 0.15) is 12.0 Å². The first-order chi connectivity index (χ1) is 7.50. The molecule has 0 fully saturated rings. The van der Waals surface area contributed by atoms with Crippen molar-refractivity contribution in [3.8, 4) is 0 Å². The van der Waals surface area contributed by atoms with E-state index in [9.17, 15) is 9.59 Å². The van der Waals surface area contributed by atoms with Gasteiger partial charge in [0, 0.05) is 5.02 Å². The summed E-state index contributed by atoms with van der Waals surface area (Å²) in [5.74, 6) is -3.98. The number of rotatable bonds is 5. The summed E-state index contributed by atoms with van der Waals surface area (Å²) in [6, 6.07) is 6.93. The van der Waals surface area contributed by atoms with Gasteiger partial charge in [-0.15, -0.1) is 0 Å². The first-order valence-corrected chi connectivity index (χ1v) is 5.08. The summed E-state index contributed by atoms with van der Waals surface area (Å²) in [6.45, 7) is 0. The van der Waals surface area contributed by atoms with Crippen molar-refractivity contribution in [2.75, 3.05) is 0 Å². The van der Waals surface area contributed by atoms with Gasteiger partial charge in [-0.2, -0.15) is 0 Å². The largest absolute Gasteiger partial charge is 0.481 e. The Morgan fingerprint density at radius 2 is 1.88 bits per heavy atom. The second kappa shape index (κ2) is 5.51. The van der Waals surface area contributed by atoms with Gasteiger partial charge >= 0.3 is 11.9 Å². The molecule has 0 heterocycles. The van der Waals surface area contributed by atoms with E-state index in [0.717, 1.165) is 5.56 Å². The number of hydrogen-bond donors (Lipinski definition) is 2. The van der Waals surface area contributed by atoms with Crippen LogP contribution in [-0.4, -0.2) is 22.2 Å². The van der Waals surface area contributed by atoms with Gasteiger partial charge in [-0.05, 0) is 30.5 Å². The Labute approximate surface area is 97.5 Å². The SMILES string of the molecule is O=C(O)C(CCc1cccc(Cl)c1)C(=O)O. The van der Waals surface area contributed by atoms with Gasteiger partial charge in [0.05, 0.1) is 0 Å². The summed E-state index contributed by atoms with van der Waals surface area (Å²) in [7, 11) is 0. The van der Waals surface area contributed by atoms with Crippen molar-refractivity contribution in [3.63, 3.8) is 0 Å². The zero-order chi connectivity index (χ0) is 12.1. The molecule has 0 amide bonds. The van der Waals surface area contributed by atoms with Gasteiger partial charge in [-0.25, -0.2) is 0 Å². The molecule has 0 spiro atoms. The highest BCUT2D eigenvalue weighted by Crippen LogP contribution is 2.15. The maximum Gasteiger partial charge on any atom is 0.317 e. The molecule has 0 aliphatic rings. The maximum atomic E-state index is 10.6. The molecule has 1 aromatic rings. The van der Waals surface area contributed by atoms with Crippen LogP contribution < -0.4 is 0 Å². The molecule has 0 aliphatic carbocycles. The lowest BCUT2D eigenvalue weighted by molar-refractivity contribution is -0.154. The third-order valence-electron chi connectivity index (χ3n) is 2.21. The second-order valence-corrected chi connectivity index (χ2v) is 3.83. The highest BCUT2D eigenvalue weighted by molar-refractivity contribution is 6.30. The Morgan fingerprint density at radius 1 is 1.25 bits per heavy atom. The number of benzene rings is 1. The van der Waals surface area contributed by atoms with E-state index in [-0.39, 0.29) is 6.42 Å². The van der Waals surface area contributed by atoms with Crippen LogP contribution in [-0.2, 0) is 16.0 Å². The van der Waals surface area contributed by atoms with Gasteiger partial charge in [0.1, 0.15) is 0 Å². The normalized spacial score (nSPS) is 10.4. The fraction of sp³-hybridized carbons (Fsp3) is 0.273. The van der Waals surface area contributed by atoms with Crippen LogP contribution in [0.25, 0.3) is 0 Å². The van der Waals surface area contributed by atoms with E-state index in [1.807, 2.05) is 0 Å². The summed E-state index contributed by atoms with van der Waals surface area (Å²) in [5.41, 5.74) is 0.833. The lowest BCUT2D eigenvalue weighted by atomic mass is 10.00. The van der Waals surface area contributed by atoms with Crippen molar-refractivity contribution in [2.24, 2.45) is 5.92 Å². The molecule has 1 rings (SSSR count). The van der Waals surface area contributed by atoms with Crippen molar-refractivity contribution in [2.45, 2.75) is 12.8 Å². The second-order valence-electron chi connectivity index (χ2n) is 3.40. The third-order valence-corrected chi connectivity index (χ3v) is 2.44. The number of halogens is 1. The molecule has 4 nitrogen and oxygen atoms in total. The zero-order valence-corrected chi connectivity index (χ0v) is 9.15. The molecule has 0 aromatic heterocycles. The summed E-state index contributed by atoms with van der Waals surface area (Å²) in [6.07, 6.45) is 0.439. The van der Waals surface area contributed by atoms with E-state index < -0.39 is 17.9 Å². The highest BCUT2D eigenvalue weighted by atomic mass is 35.5. The summed E-state index contributed by atoms with van der Waals surface area (Å²) < 4.78 is 0. The molecular formula is C11H11ClO4. The quantitative estimate of drug-likeness (QED) is 0.775. The predicted octanol–water partition coefficient (Wildman–Crippen LogP) is 2.06. The molecule has 0 radical (unpaired) electrons. The number of carboxylic acids is 2. The molecule has 0 unspecified atom stereocenters. The molecule has 0 aliphatic heterocycles. The Balaban J connectivity index is 2.62. The number of aliphatic carboxylic acids is 2. The van der Waals surface area contributed by atoms with Gasteiger partial charge in [0.15, 0.2) is 5.92 Å². The Bertz CT molecular complexity index is 389. The third kappa shape index (κ3) is 3.55. The Hall–Kier alpha value is -1.55. The van der Waals surface area contributed by atoms with Crippen LogP contribution >= 0.6 is 11.6 Å². The minimum absolute atomic E-state index is 0.0605. The molecule has 2 N–H and O–H groups in total. The minimum Gasteiger partial charge on any atom is -0.481 e. The Kier molecular flexibility index (Phi) is 4.31. The van der Waals surface area contributed by atoms with Crippen molar-refractivity contribution < 1.29 is 19.8 Å². The van der Waals surface area contributed by atoms with E-state index in [4.69, 9.17) is 21.8 Å². The smallest absolute Gasteiger partial charge is 0.317 e. The number of hydrogen-bond acceptors (Lipinski definition) is 2. The number of carboxylic acid groups (broad SMARTS) is 2. The van der Waals surface area contributed by atoms with Crippen molar-refractivity contribution in [1.29, 1.82) is 0 Å². The first kappa shape index (κ1) is 12.5. The summed E-state index contributed by atoms with van der Waals surface area (Å²) >= 11 is 5.75. The van der Waals surface area contributed by atoms with Crippen LogP contribution in [0.3, 0.4) is 0 Å². The standard InChI is InChI=1S/C11H11ClO4/c12-8-3-1-2-7(6-8)4-5-9(10(13)14)11(15)16/h1-3,6,9H,4-5H2,(H,13,14)(H,15,16). The van der Waals surface area contributed by atoms with E-state index in [2.05, 4.69) is 0 Å². The zero-order valence-electron chi connectivity index (χ0n) is 8.39. The van der Waals surface area contributed by atoms with E-state index in [0.29, 0.717) is 11.4 Å². The fourth-order valence-corrected chi connectivity index (χ4v) is 1.57. The highest BCUT2D eigenvalue weighted by Gasteiger charge is 2.24. The molecule has 0 saturated carbocycles. The van der Waals surface area contributed by atoms with E-state index in [1.54, 1.807) is 24.3 Å². The van der Waals surface area contributed by atoms with Crippen LogP contribution in [0.4, 0.5) is 0 Å². The lowest BCUT2D eigenvalue weighted by Crippen LogP contribution is -2.23. The monoisotopic (exact) mass is 242 g/mol. The molecule has 0 bridgehead atoms. The van der Waals surface area contributed by atoms with Crippen molar-refractivity contribution >= 4 is 23.5 Å². The molecule has 0 atom stereocenters. The van der Waals surface area contributed by atoms with Gasteiger partial charge in [0.2, 0.25) is 0 Å². The molecule has 16 heavy (non-hydrogen) atoms. The van der Waals surface area contributed by atoms with Gasteiger partial charge < -0.3 is 10.2 Å². The van der Waals surface area contributed by atoms with Gasteiger partial charge in [-0.1, -0.05) is 23.7 Å². The molecule has 5 heteroatoms. The van der Waals surface area contributed by atoms with Crippen LogP contribution in [0, 0.1) is 5.92 Å². The number of aryl methyl sites for hydroxylation is 1. The Morgan fingerprint density at radius 3 is 2.38 bits per heavy atom. The van der Waals surface area contributed by atoms with E-state index in [1.165, 1.54) is 0 Å². The van der Waals surface area contributed by atoms with Crippen LogP contribution in [0.2, 0.25) is 5.02 Å². The fourth-order valence-electron chi connectivity index (χ4n) is 1.36. The predicted molar refractivity (Wildman–Crippen MR) is 58.5 cm³/mol. The minimum atomic E-state index is -1.36. The summed E-state index contributed by atoms with van der Waals surface area (Å²) in [5, 5.41) is 17.9. The van der Waals surface area contributed by atoms with Crippen LogP contribution in [0.5, 0.6) is 0 Å². The van der Waals surface area contributed by atoms with E-state index >= 15 is 0 Å². The topological polar surface area (TPSA) is 74.6 Å². The molecular weight excluding hydrogens is 232 g/mol. The van der Waals surface area contributed by atoms with Crippen LogP contribution in [0.15, 0.2) is 24.3 Å².